The Kier molecular flexibility index (Phi) is 6.79. The summed E-state index contributed by atoms with van der Waals surface area (Å²) >= 11 is 1.98. The maximum Gasteiger partial charge on any atom is 0.122 e. The number of nitrogens with zero attached hydrogens (tertiary/aromatic N) is 2. The van der Waals surface area contributed by atoms with Crippen LogP contribution in [0.1, 0.15) is 45.9 Å². The van der Waals surface area contributed by atoms with Crippen LogP contribution in [0.25, 0.3) is 0 Å². The SMILES string of the molecule is CCCn1ccnc1CNCC(CC)(CC)SC. The van der Waals surface area contributed by atoms with Crippen molar-refractivity contribution in [3.8, 4) is 0 Å². The van der Waals surface area contributed by atoms with E-state index in [2.05, 4.69) is 48.1 Å². The summed E-state index contributed by atoms with van der Waals surface area (Å²) in [6.45, 7) is 9.74. The van der Waals surface area contributed by atoms with E-state index in [9.17, 15) is 0 Å². The lowest BCUT2D eigenvalue weighted by Crippen LogP contribution is -2.36. The van der Waals surface area contributed by atoms with Gasteiger partial charge in [-0.2, -0.15) is 11.8 Å². The summed E-state index contributed by atoms with van der Waals surface area (Å²) in [7, 11) is 0. The highest BCUT2D eigenvalue weighted by Crippen LogP contribution is 2.29. The maximum atomic E-state index is 4.43. The van der Waals surface area contributed by atoms with Gasteiger partial charge in [0.25, 0.3) is 0 Å². The molecule has 18 heavy (non-hydrogen) atoms. The molecule has 1 aromatic heterocycles. The predicted octanol–water partition coefficient (Wildman–Crippen LogP) is 3.30. The molecule has 1 aromatic rings. The molecular formula is C14H27N3S. The van der Waals surface area contributed by atoms with Gasteiger partial charge >= 0.3 is 0 Å². The lowest BCUT2D eigenvalue weighted by Gasteiger charge is -2.30. The monoisotopic (exact) mass is 269 g/mol. The van der Waals surface area contributed by atoms with Gasteiger partial charge in [-0.3, -0.25) is 0 Å². The molecular weight excluding hydrogens is 242 g/mol. The quantitative estimate of drug-likeness (QED) is 0.746. The van der Waals surface area contributed by atoms with Crippen molar-refractivity contribution < 1.29 is 0 Å². The number of aromatic nitrogens is 2. The van der Waals surface area contributed by atoms with Crippen molar-refractivity contribution in [2.45, 2.75) is 57.9 Å². The third-order valence-electron chi connectivity index (χ3n) is 3.72. The minimum atomic E-state index is 0.377. The van der Waals surface area contributed by atoms with Crippen LogP contribution in [-0.2, 0) is 13.1 Å². The van der Waals surface area contributed by atoms with Gasteiger partial charge in [-0.25, -0.2) is 4.98 Å². The Bertz CT molecular complexity index is 323. The van der Waals surface area contributed by atoms with Crippen molar-refractivity contribution in [3.63, 3.8) is 0 Å². The third kappa shape index (κ3) is 4.02. The van der Waals surface area contributed by atoms with Crippen LogP contribution in [0.15, 0.2) is 12.4 Å². The molecule has 0 bridgehead atoms. The number of hydrogen-bond acceptors (Lipinski definition) is 3. The molecule has 1 rings (SSSR count). The molecule has 0 aliphatic carbocycles. The molecule has 104 valence electrons. The van der Waals surface area contributed by atoms with Crippen LogP contribution < -0.4 is 5.32 Å². The molecule has 0 saturated heterocycles. The van der Waals surface area contributed by atoms with Crippen molar-refractivity contribution in [2.24, 2.45) is 0 Å². The summed E-state index contributed by atoms with van der Waals surface area (Å²) in [6, 6.07) is 0. The number of nitrogens with one attached hydrogen (secondary N) is 1. The zero-order valence-electron chi connectivity index (χ0n) is 12.2. The van der Waals surface area contributed by atoms with Gasteiger partial charge in [0, 0.05) is 30.2 Å². The number of rotatable bonds is 9. The van der Waals surface area contributed by atoms with Crippen LogP contribution >= 0.6 is 11.8 Å². The molecule has 0 atom stereocenters. The van der Waals surface area contributed by atoms with Crippen molar-refractivity contribution in [1.29, 1.82) is 0 Å². The molecule has 1 N–H and O–H groups in total. The van der Waals surface area contributed by atoms with E-state index in [1.807, 2.05) is 18.0 Å². The Morgan fingerprint density at radius 3 is 2.61 bits per heavy atom. The van der Waals surface area contributed by atoms with Gasteiger partial charge in [-0.15, -0.1) is 0 Å². The van der Waals surface area contributed by atoms with E-state index in [4.69, 9.17) is 0 Å². The molecule has 0 fully saturated rings. The molecule has 0 saturated carbocycles. The summed E-state index contributed by atoms with van der Waals surface area (Å²) in [4.78, 5) is 4.43. The normalized spacial score (nSPS) is 12.0. The molecule has 0 aliphatic heterocycles. The molecule has 0 spiro atoms. The zero-order chi connectivity index (χ0) is 13.4. The topological polar surface area (TPSA) is 29.9 Å². The van der Waals surface area contributed by atoms with Gasteiger partial charge in [0.2, 0.25) is 0 Å². The minimum absolute atomic E-state index is 0.377. The van der Waals surface area contributed by atoms with E-state index >= 15 is 0 Å². The number of hydrogen-bond donors (Lipinski definition) is 1. The fourth-order valence-electron chi connectivity index (χ4n) is 2.21. The molecule has 0 unspecified atom stereocenters. The summed E-state index contributed by atoms with van der Waals surface area (Å²) in [5.74, 6) is 1.15. The van der Waals surface area contributed by atoms with Gasteiger partial charge in [0.05, 0.1) is 6.54 Å². The first-order valence-corrected chi connectivity index (χ1v) is 8.19. The van der Waals surface area contributed by atoms with Crippen molar-refractivity contribution in [2.75, 3.05) is 12.8 Å². The highest BCUT2D eigenvalue weighted by Gasteiger charge is 2.24. The Balaban J connectivity index is 2.47. The van der Waals surface area contributed by atoms with Crippen molar-refractivity contribution >= 4 is 11.8 Å². The largest absolute Gasteiger partial charge is 0.334 e. The second kappa shape index (κ2) is 7.85. The lowest BCUT2D eigenvalue weighted by molar-refractivity contribution is 0.482. The maximum absolute atomic E-state index is 4.43. The molecule has 3 nitrogen and oxygen atoms in total. The third-order valence-corrected chi connectivity index (χ3v) is 5.31. The minimum Gasteiger partial charge on any atom is -0.334 e. The fourth-order valence-corrected chi connectivity index (χ4v) is 3.04. The second-order valence-corrected chi connectivity index (χ2v) is 6.01. The smallest absolute Gasteiger partial charge is 0.122 e. The van der Waals surface area contributed by atoms with Crippen LogP contribution in [0.3, 0.4) is 0 Å². The summed E-state index contributed by atoms with van der Waals surface area (Å²) in [6.07, 6.45) is 9.76. The summed E-state index contributed by atoms with van der Waals surface area (Å²) < 4.78 is 2.62. The Labute approximate surface area is 116 Å². The first-order valence-electron chi connectivity index (χ1n) is 6.97. The van der Waals surface area contributed by atoms with E-state index in [0.717, 1.165) is 31.9 Å². The summed E-state index contributed by atoms with van der Waals surface area (Å²) in [5.41, 5.74) is 0. The van der Waals surface area contributed by atoms with Gasteiger partial charge in [-0.05, 0) is 25.5 Å². The fraction of sp³-hybridized carbons (Fsp3) is 0.786. The van der Waals surface area contributed by atoms with Gasteiger partial charge in [-0.1, -0.05) is 20.8 Å². The van der Waals surface area contributed by atoms with Crippen LogP contribution in [0.5, 0.6) is 0 Å². The van der Waals surface area contributed by atoms with E-state index < -0.39 is 0 Å². The first-order chi connectivity index (χ1) is 8.71. The van der Waals surface area contributed by atoms with Gasteiger partial charge in [0.1, 0.15) is 5.82 Å². The Morgan fingerprint density at radius 2 is 2.06 bits per heavy atom. The Hall–Kier alpha value is -0.480. The molecule has 1 heterocycles. The molecule has 0 amide bonds. The van der Waals surface area contributed by atoms with E-state index in [-0.39, 0.29) is 0 Å². The molecule has 0 aliphatic rings. The zero-order valence-corrected chi connectivity index (χ0v) is 13.0. The Morgan fingerprint density at radius 1 is 1.33 bits per heavy atom. The highest BCUT2D eigenvalue weighted by atomic mass is 32.2. The van der Waals surface area contributed by atoms with Crippen LogP contribution in [-0.4, -0.2) is 27.1 Å². The van der Waals surface area contributed by atoms with E-state index in [0.29, 0.717) is 4.75 Å². The standard InChI is InChI=1S/C14H27N3S/c1-5-9-17-10-8-16-13(17)11-15-12-14(6-2,7-3)18-4/h8,10,15H,5-7,9,11-12H2,1-4H3. The highest BCUT2D eigenvalue weighted by molar-refractivity contribution is 8.00. The number of imidazole rings is 1. The van der Waals surface area contributed by atoms with Crippen molar-refractivity contribution in [3.05, 3.63) is 18.2 Å². The van der Waals surface area contributed by atoms with Gasteiger partial charge in [0.15, 0.2) is 0 Å². The molecule has 0 radical (unpaired) electrons. The molecule has 4 heteroatoms. The second-order valence-electron chi connectivity index (χ2n) is 4.73. The van der Waals surface area contributed by atoms with Crippen LogP contribution in [0, 0.1) is 0 Å². The first kappa shape index (κ1) is 15.6. The van der Waals surface area contributed by atoms with Crippen LogP contribution in [0.2, 0.25) is 0 Å². The van der Waals surface area contributed by atoms with Crippen molar-refractivity contribution in [1.82, 2.24) is 14.9 Å². The summed E-state index contributed by atoms with van der Waals surface area (Å²) in [5, 5.41) is 3.58. The number of thioether (sulfide) groups is 1. The lowest BCUT2D eigenvalue weighted by atomic mass is 10.0. The van der Waals surface area contributed by atoms with E-state index in [1.54, 1.807) is 0 Å². The van der Waals surface area contributed by atoms with Gasteiger partial charge < -0.3 is 9.88 Å². The van der Waals surface area contributed by atoms with E-state index in [1.165, 1.54) is 12.8 Å². The molecule has 0 aromatic carbocycles. The number of aryl methyl sites for hydroxylation is 1. The average Bonchev–Trinajstić information content (AvgIpc) is 2.83. The predicted molar refractivity (Wildman–Crippen MR) is 81.1 cm³/mol. The average molecular weight is 269 g/mol. The van der Waals surface area contributed by atoms with Crippen LogP contribution in [0.4, 0.5) is 0 Å².